The number of halogens is 2. The normalized spacial score (nSPS) is 10.8. The Morgan fingerprint density at radius 3 is 2.70 bits per heavy atom. The topological polar surface area (TPSA) is 93.7 Å². The lowest BCUT2D eigenvalue weighted by molar-refractivity contribution is 0.500. The van der Waals surface area contributed by atoms with Crippen LogP contribution in [-0.2, 0) is 13.6 Å². The van der Waals surface area contributed by atoms with E-state index >= 15 is 0 Å². The quantitative estimate of drug-likeness (QED) is 0.417. The fourth-order valence-corrected chi connectivity index (χ4v) is 2.95. The molecule has 0 aliphatic heterocycles. The Balaban J connectivity index is 1.51. The van der Waals surface area contributed by atoms with Crippen molar-refractivity contribution in [3.05, 3.63) is 78.1 Å². The van der Waals surface area contributed by atoms with Gasteiger partial charge in [-0.15, -0.1) is 0 Å². The van der Waals surface area contributed by atoms with E-state index in [0.717, 1.165) is 17.4 Å². The predicted molar refractivity (Wildman–Crippen MR) is 112 cm³/mol. The molecule has 0 saturated carbocycles. The largest absolute Gasteiger partial charge is 0.397 e. The summed E-state index contributed by atoms with van der Waals surface area (Å²) in [6.07, 6.45) is 3.32. The summed E-state index contributed by atoms with van der Waals surface area (Å²) >= 11 is 0. The van der Waals surface area contributed by atoms with Crippen LogP contribution in [0.2, 0.25) is 0 Å². The Labute approximate surface area is 171 Å². The molecule has 0 aliphatic carbocycles. The minimum atomic E-state index is -0.878. The molecule has 0 amide bonds. The Hall–Kier alpha value is -4.01. The van der Waals surface area contributed by atoms with Gasteiger partial charge in [-0.25, -0.2) is 18.7 Å². The molecule has 4 aromatic rings. The number of hydrogen-bond donors (Lipinski definition) is 3. The van der Waals surface area contributed by atoms with Crippen molar-refractivity contribution < 1.29 is 8.78 Å². The number of aromatic nitrogens is 4. The molecule has 0 bridgehead atoms. The number of nitrogen functional groups attached to an aromatic ring is 1. The van der Waals surface area contributed by atoms with Gasteiger partial charge < -0.3 is 16.4 Å². The number of nitrogens with one attached hydrogen (secondary N) is 2. The van der Waals surface area contributed by atoms with E-state index in [4.69, 9.17) is 5.73 Å². The van der Waals surface area contributed by atoms with Gasteiger partial charge in [0.2, 0.25) is 5.95 Å². The van der Waals surface area contributed by atoms with Gasteiger partial charge >= 0.3 is 0 Å². The molecule has 0 fully saturated rings. The Bertz CT molecular complexity index is 1190. The van der Waals surface area contributed by atoms with Crippen molar-refractivity contribution in [1.82, 2.24) is 19.7 Å². The summed E-state index contributed by atoms with van der Waals surface area (Å²) in [5.41, 5.74) is 8.94. The van der Waals surface area contributed by atoms with Gasteiger partial charge in [0.15, 0.2) is 11.6 Å². The summed E-state index contributed by atoms with van der Waals surface area (Å²) in [5.74, 6) is -0.555. The van der Waals surface area contributed by atoms with E-state index in [-0.39, 0.29) is 12.1 Å². The molecule has 0 atom stereocenters. The fraction of sp³-hybridized carbons (Fsp3) is 0.0952. The number of nitrogens with zero attached hydrogens (tertiary/aromatic N) is 4. The van der Waals surface area contributed by atoms with Crippen molar-refractivity contribution in [3.8, 4) is 11.3 Å². The molecule has 0 saturated heterocycles. The van der Waals surface area contributed by atoms with Gasteiger partial charge in [0.1, 0.15) is 5.82 Å². The fourth-order valence-electron chi connectivity index (χ4n) is 2.95. The van der Waals surface area contributed by atoms with Crippen LogP contribution >= 0.6 is 0 Å². The monoisotopic (exact) mass is 407 g/mol. The minimum Gasteiger partial charge on any atom is -0.397 e. The number of hydrogen-bond acceptors (Lipinski definition) is 6. The van der Waals surface area contributed by atoms with Gasteiger partial charge in [0, 0.05) is 37.0 Å². The first-order valence-corrected chi connectivity index (χ1v) is 9.16. The first-order valence-electron chi connectivity index (χ1n) is 9.16. The lowest BCUT2D eigenvalue weighted by Crippen LogP contribution is -2.05. The van der Waals surface area contributed by atoms with Crippen molar-refractivity contribution in [1.29, 1.82) is 0 Å². The third-order valence-electron chi connectivity index (χ3n) is 4.56. The summed E-state index contributed by atoms with van der Waals surface area (Å²) < 4.78 is 28.8. The van der Waals surface area contributed by atoms with Crippen LogP contribution < -0.4 is 16.4 Å². The average Bonchev–Trinajstić information content (AvgIpc) is 3.14. The van der Waals surface area contributed by atoms with Crippen LogP contribution in [-0.4, -0.2) is 19.7 Å². The van der Waals surface area contributed by atoms with Crippen molar-refractivity contribution in [2.75, 3.05) is 16.4 Å². The van der Waals surface area contributed by atoms with Gasteiger partial charge in [-0.2, -0.15) is 5.10 Å². The molecule has 4 rings (SSSR count). The molecule has 30 heavy (non-hydrogen) atoms. The van der Waals surface area contributed by atoms with Crippen molar-refractivity contribution in [2.24, 2.45) is 7.05 Å². The second-order valence-corrected chi connectivity index (χ2v) is 6.60. The van der Waals surface area contributed by atoms with E-state index < -0.39 is 11.6 Å². The lowest BCUT2D eigenvalue weighted by Gasteiger charge is -2.12. The Kier molecular flexibility index (Phi) is 5.25. The van der Waals surface area contributed by atoms with Crippen LogP contribution in [0.1, 0.15) is 5.56 Å². The number of anilines is 4. The minimum absolute atomic E-state index is 0.111. The zero-order valence-electron chi connectivity index (χ0n) is 16.1. The Morgan fingerprint density at radius 2 is 1.93 bits per heavy atom. The molecule has 7 nitrogen and oxygen atoms in total. The smallest absolute Gasteiger partial charge is 0.228 e. The molecule has 0 unspecified atom stereocenters. The van der Waals surface area contributed by atoms with Gasteiger partial charge in [-0.1, -0.05) is 18.2 Å². The molecule has 2 aromatic carbocycles. The van der Waals surface area contributed by atoms with Gasteiger partial charge in [-0.3, -0.25) is 4.68 Å². The third kappa shape index (κ3) is 4.04. The van der Waals surface area contributed by atoms with E-state index in [9.17, 15) is 8.78 Å². The molecule has 4 N–H and O–H groups in total. The highest BCUT2D eigenvalue weighted by Gasteiger charge is 2.10. The highest BCUT2D eigenvalue weighted by molar-refractivity contribution is 5.75. The highest BCUT2D eigenvalue weighted by Crippen LogP contribution is 2.27. The van der Waals surface area contributed by atoms with Gasteiger partial charge in [-0.05, 0) is 24.3 Å². The average molecular weight is 407 g/mol. The molecule has 2 aromatic heterocycles. The van der Waals surface area contributed by atoms with Crippen molar-refractivity contribution in [3.63, 3.8) is 0 Å². The molecule has 0 spiro atoms. The summed E-state index contributed by atoms with van der Waals surface area (Å²) in [4.78, 5) is 8.74. The third-order valence-corrected chi connectivity index (χ3v) is 4.56. The van der Waals surface area contributed by atoms with Crippen molar-refractivity contribution in [2.45, 2.75) is 6.54 Å². The van der Waals surface area contributed by atoms with E-state index in [2.05, 4.69) is 25.7 Å². The van der Waals surface area contributed by atoms with E-state index in [1.54, 1.807) is 35.3 Å². The van der Waals surface area contributed by atoms with Crippen LogP contribution in [0, 0.1) is 11.6 Å². The molecule has 9 heteroatoms. The highest BCUT2D eigenvalue weighted by atomic mass is 19.2. The van der Waals surface area contributed by atoms with Crippen LogP contribution in [0.25, 0.3) is 11.3 Å². The Morgan fingerprint density at radius 1 is 1.07 bits per heavy atom. The van der Waals surface area contributed by atoms with Crippen LogP contribution in [0.3, 0.4) is 0 Å². The number of rotatable bonds is 6. The number of benzene rings is 2. The summed E-state index contributed by atoms with van der Waals surface area (Å²) in [5, 5.41) is 10.2. The zero-order valence-corrected chi connectivity index (χ0v) is 16.1. The maximum atomic E-state index is 13.8. The summed E-state index contributed by atoms with van der Waals surface area (Å²) in [7, 11) is 1.81. The molecule has 152 valence electrons. The summed E-state index contributed by atoms with van der Waals surface area (Å²) in [6, 6.07) is 13.0. The molecule has 0 radical (unpaired) electrons. The molecular weight excluding hydrogens is 388 g/mol. The summed E-state index contributed by atoms with van der Waals surface area (Å²) in [6.45, 7) is 0.111. The van der Waals surface area contributed by atoms with E-state index in [1.165, 1.54) is 12.1 Å². The second kappa shape index (κ2) is 8.16. The van der Waals surface area contributed by atoms with E-state index in [1.807, 2.05) is 19.2 Å². The molecule has 0 aliphatic rings. The van der Waals surface area contributed by atoms with Crippen LogP contribution in [0.5, 0.6) is 0 Å². The maximum Gasteiger partial charge on any atom is 0.228 e. The first kappa shape index (κ1) is 19.3. The SMILES string of the molecule is Cn1nccc1Nc1nccc(-c2ccc(NCc3cccc(F)c3F)c(N)c2)n1. The zero-order chi connectivity index (χ0) is 21.1. The molecular formula is C21H19F2N7. The predicted octanol–water partition coefficient (Wildman–Crippen LogP) is 4.09. The lowest BCUT2D eigenvalue weighted by atomic mass is 10.1. The van der Waals surface area contributed by atoms with Crippen molar-refractivity contribution >= 4 is 23.1 Å². The van der Waals surface area contributed by atoms with Gasteiger partial charge in [0.25, 0.3) is 0 Å². The standard InChI is InChI=1S/C21H19F2N7/c1-30-19(8-10-27-30)29-21-25-9-7-17(28-21)13-5-6-18(16(24)11-13)26-12-14-3-2-4-15(22)20(14)23/h2-11,26H,12,24H2,1H3,(H,25,28,29). The van der Waals surface area contributed by atoms with Crippen LogP contribution in [0.4, 0.5) is 31.9 Å². The number of aryl methyl sites for hydroxylation is 1. The van der Waals surface area contributed by atoms with Crippen LogP contribution in [0.15, 0.2) is 60.9 Å². The second-order valence-electron chi connectivity index (χ2n) is 6.60. The first-order chi connectivity index (χ1) is 14.5. The molecule has 2 heterocycles. The van der Waals surface area contributed by atoms with E-state index in [0.29, 0.717) is 23.0 Å². The maximum absolute atomic E-state index is 13.8. The van der Waals surface area contributed by atoms with Gasteiger partial charge in [0.05, 0.1) is 23.3 Å². The number of nitrogens with two attached hydrogens (primary N) is 1.